The maximum absolute atomic E-state index is 12.8. The van der Waals surface area contributed by atoms with Gasteiger partial charge in [0.15, 0.2) is 0 Å². The molecule has 0 radical (unpaired) electrons. The Kier molecular flexibility index (Phi) is 5.75. The number of benzene rings is 2. The summed E-state index contributed by atoms with van der Waals surface area (Å²) in [7, 11) is 0. The van der Waals surface area contributed by atoms with Crippen molar-refractivity contribution >= 4 is 60.8 Å². The van der Waals surface area contributed by atoms with Gasteiger partial charge in [-0.3, -0.25) is 10.1 Å². The highest BCUT2D eigenvalue weighted by Gasteiger charge is 2.53. The molecule has 5 aromatic rings. The number of para-hydroxylation sites is 1. The first-order chi connectivity index (χ1) is 17.9. The molecule has 2 aromatic carbocycles. The van der Waals surface area contributed by atoms with E-state index in [9.17, 15) is 14.7 Å². The van der Waals surface area contributed by atoms with E-state index in [1.54, 1.807) is 0 Å². The lowest BCUT2D eigenvalue weighted by atomic mass is 10.1. The van der Waals surface area contributed by atoms with Crippen molar-refractivity contribution in [1.29, 1.82) is 0 Å². The quantitative estimate of drug-likeness (QED) is 0.231. The molecule has 2 N–H and O–H groups in total. The first-order valence-electron chi connectivity index (χ1n) is 11.8. The second kappa shape index (κ2) is 9.11. The summed E-state index contributed by atoms with van der Waals surface area (Å²) in [5.41, 5.74) is 1.27. The maximum atomic E-state index is 12.8. The van der Waals surface area contributed by atoms with Crippen LogP contribution in [0.15, 0.2) is 71.1 Å². The molecule has 1 aliphatic carbocycles. The predicted octanol–water partition coefficient (Wildman–Crippen LogP) is 7.53. The minimum Gasteiger partial charge on any atom is -0.481 e. The van der Waals surface area contributed by atoms with E-state index in [4.69, 9.17) is 9.15 Å². The molecule has 1 aliphatic rings. The largest absolute Gasteiger partial charge is 0.481 e. The van der Waals surface area contributed by atoms with E-state index < -0.39 is 23.6 Å². The molecule has 1 unspecified atom stereocenters. The van der Waals surface area contributed by atoms with Gasteiger partial charge in [-0.15, -0.1) is 22.7 Å². The topological polar surface area (TPSA) is 88.8 Å². The summed E-state index contributed by atoms with van der Waals surface area (Å²) in [4.78, 5) is 26.2. The van der Waals surface area contributed by atoms with E-state index in [-0.39, 0.29) is 0 Å². The number of ether oxygens (including phenoxy) is 1. The Morgan fingerprint density at radius 1 is 1.03 bits per heavy atom. The smallest absolute Gasteiger partial charge is 0.412 e. The molecule has 1 atom stereocenters. The van der Waals surface area contributed by atoms with E-state index in [0.29, 0.717) is 29.9 Å². The van der Waals surface area contributed by atoms with Crippen LogP contribution in [0, 0.1) is 11.8 Å². The lowest BCUT2D eigenvalue weighted by Crippen LogP contribution is -2.17. The minimum absolute atomic E-state index is 0.339. The molecule has 184 valence electrons. The highest BCUT2D eigenvalue weighted by Crippen LogP contribution is 2.52. The van der Waals surface area contributed by atoms with Gasteiger partial charge in [-0.2, -0.15) is 0 Å². The second-order valence-corrected chi connectivity index (χ2v) is 11.1. The molecule has 0 aliphatic heterocycles. The van der Waals surface area contributed by atoms with Gasteiger partial charge in [-0.05, 0) is 61.4 Å². The summed E-state index contributed by atoms with van der Waals surface area (Å²) >= 11 is 3.04. The Labute approximate surface area is 220 Å². The SMILES string of the molecule is CC(OC(=O)Nc1c(C#Cc2cc3sc(C4(C(=O)O)CC4)cc3s2)oc2ccccc12)c1ccccc1. The molecule has 6 rings (SSSR count). The van der Waals surface area contributed by atoms with Crippen molar-refractivity contribution in [3.63, 3.8) is 0 Å². The fourth-order valence-corrected chi connectivity index (χ4v) is 6.77. The third-order valence-corrected chi connectivity index (χ3v) is 8.93. The van der Waals surface area contributed by atoms with Crippen molar-refractivity contribution in [2.24, 2.45) is 0 Å². The van der Waals surface area contributed by atoms with Gasteiger partial charge in [-0.25, -0.2) is 4.79 Å². The molecule has 1 amide bonds. The monoisotopic (exact) mass is 527 g/mol. The van der Waals surface area contributed by atoms with Crippen LogP contribution in [0.25, 0.3) is 20.4 Å². The fourth-order valence-electron chi connectivity index (χ4n) is 4.28. The summed E-state index contributed by atoms with van der Waals surface area (Å²) in [6.07, 6.45) is 0.366. The lowest BCUT2D eigenvalue weighted by Gasteiger charge is -2.14. The molecule has 8 heteroatoms. The van der Waals surface area contributed by atoms with Crippen LogP contribution in [0.3, 0.4) is 0 Å². The van der Waals surface area contributed by atoms with Crippen LogP contribution < -0.4 is 5.32 Å². The zero-order valence-electron chi connectivity index (χ0n) is 19.7. The number of aliphatic carboxylic acids is 1. The normalized spacial score (nSPS) is 14.6. The Hall–Kier alpha value is -4.06. The number of hydrogen-bond donors (Lipinski definition) is 2. The van der Waals surface area contributed by atoms with Gasteiger partial charge >= 0.3 is 12.1 Å². The van der Waals surface area contributed by atoms with Crippen LogP contribution in [0.2, 0.25) is 0 Å². The Balaban J connectivity index is 1.26. The van der Waals surface area contributed by atoms with Crippen LogP contribution in [-0.4, -0.2) is 17.2 Å². The van der Waals surface area contributed by atoms with Crippen LogP contribution in [0.4, 0.5) is 10.5 Å². The van der Waals surface area contributed by atoms with Crippen molar-refractivity contribution in [3.8, 4) is 11.8 Å². The zero-order chi connectivity index (χ0) is 25.6. The lowest BCUT2D eigenvalue weighted by molar-refractivity contribution is -0.139. The van der Waals surface area contributed by atoms with Crippen molar-refractivity contribution in [2.45, 2.75) is 31.3 Å². The second-order valence-electron chi connectivity index (χ2n) is 8.97. The maximum Gasteiger partial charge on any atom is 0.412 e. The van der Waals surface area contributed by atoms with Crippen LogP contribution in [0.1, 0.15) is 46.9 Å². The fraction of sp³-hybridized carbons (Fsp3) is 0.172. The average molecular weight is 528 g/mol. The van der Waals surface area contributed by atoms with Crippen LogP contribution >= 0.6 is 22.7 Å². The van der Waals surface area contributed by atoms with E-state index in [2.05, 4.69) is 17.2 Å². The number of thiophene rings is 2. The van der Waals surface area contributed by atoms with Gasteiger partial charge in [0.2, 0.25) is 5.76 Å². The van der Waals surface area contributed by atoms with Crippen molar-refractivity contribution in [1.82, 2.24) is 0 Å². The number of carboxylic acids is 1. The van der Waals surface area contributed by atoms with Crippen molar-refractivity contribution < 1.29 is 23.8 Å². The number of fused-ring (bicyclic) bond motifs is 2. The summed E-state index contributed by atoms with van der Waals surface area (Å²) < 4.78 is 13.6. The molecule has 6 nitrogen and oxygen atoms in total. The summed E-state index contributed by atoms with van der Waals surface area (Å²) in [5, 5.41) is 13.1. The molecule has 1 fully saturated rings. The highest BCUT2D eigenvalue weighted by molar-refractivity contribution is 7.28. The molecule has 0 saturated heterocycles. The van der Waals surface area contributed by atoms with Crippen molar-refractivity contribution in [2.75, 3.05) is 5.32 Å². The number of furan rings is 1. The highest BCUT2D eigenvalue weighted by atomic mass is 32.1. The van der Waals surface area contributed by atoms with Crippen molar-refractivity contribution in [3.05, 3.63) is 87.8 Å². The van der Waals surface area contributed by atoms with E-state index >= 15 is 0 Å². The van der Waals surface area contributed by atoms with Gasteiger partial charge in [0, 0.05) is 19.7 Å². The molecular formula is C29H21NO5S2. The number of carbonyl (C=O) groups is 2. The molecule has 37 heavy (non-hydrogen) atoms. The van der Waals surface area contributed by atoms with Crippen LogP contribution in [-0.2, 0) is 14.9 Å². The molecule has 3 heterocycles. The third-order valence-electron chi connectivity index (χ3n) is 6.51. The van der Waals surface area contributed by atoms with Gasteiger partial charge in [-0.1, -0.05) is 42.5 Å². The Morgan fingerprint density at radius 2 is 1.76 bits per heavy atom. The molecule has 3 aromatic heterocycles. The third kappa shape index (κ3) is 4.37. The Bertz CT molecular complexity index is 1680. The average Bonchev–Trinajstić information content (AvgIpc) is 3.33. The minimum atomic E-state index is -0.747. The van der Waals surface area contributed by atoms with E-state index in [0.717, 1.165) is 30.1 Å². The van der Waals surface area contributed by atoms with Gasteiger partial charge < -0.3 is 14.3 Å². The number of hydrogen-bond acceptors (Lipinski definition) is 6. The standard InChI is InChI=1S/C29H21NO5S2/c1-17(18-7-3-2-4-8-18)34-28(33)30-26-20-9-5-6-10-21(20)35-22(26)12-11-19-15-23-24(36-19)16-25(37-23)29(13-14-29)27(31)32/h2-10,15-17H,13-14H2,1H3,(H,30,33)(H,31,32). The summed E-state index contributed by atoms with van der Waals surface area (Å²) in [6.45, 7) is 1.82. The number of carbonyl (C=O) groups excluding carboxylic acids is 1. The number of carboxylic acid groups (broad SMARTS) is 1. The zero-order valence-corrected chi connectivity index (χ0v) is 21.4. The van der Waals surface area contributed by atoms with E-state index in [1.165, 1.54) is 22.7 Å². The number of nitrogens with one attached hydrogen (secondary N) is 1. The van der Waals surface area contributed by atoms with Gasteiger partial charge in [0.05, 0.1) is 4.88 Å². The predicted molar refractivity (Wildman–Crippen MR) is 145 cm³/mol. The number of anilines is 1. The molecule has 0 bridgehead atoms. The first-order valence-corrected chi connectivity index (χ1v) is 13.4. The van der Waals surface area contributed by atoms with Gasteiger partial charge in [0.1, 0.15) is 22.8 Å². The molecular weight excluding hydrogens is 506 g/mol. The Morgan fingerprint density at radius 3 is 2.49 bits per heavy atom. The number of amides is 1. The van der Waals surface area contributed by atoms with Gasteiger partial charge in [0.25, 0.3) is 0 Å². The number of rotatable bonds is 5. The molecule has 0 spiro atoms. The summed E-state index contributed by atoms with van der Waals surface area (Å²) in [6, 6.07) is 20.9. The van der Waals surface area contributed by atoms with E-state index in [1.807, 2.05) is 73.7 Å². The first kappa shape index (κ1) is 23.3. The summed E-state index contributed by atoms with van der Waals surface area (Å²) in [5.74, 6) is 5.81. The van der Waals surface area contributed by atoms with Crippen LogP contribution in [0.5, 0.6) is 0 Å². The molecule has 1 saturated carbocycles.